The summed E-state index contributed by atoms with van der Waals surface area (Å²) in [4.78, 5) is 16.2. The number of carbonyl (C=O) groups excluding carboxylic acids is 1. The van der Waals surface area contributed by atoms with Crippen LogP contribution in [0.3, 0.4) is 0 Å². The van der Waals surface area contributed by atoms with Gasteiger partial charge < -0.3 is 9.84 Å². The van der Waals surface area contributed by atoms with Crippen LogP contribution in [0.25, 0.3) is 5.57 Å². The predicted molar refractivity (Wildman–Crippen MR) is 67.6 cm³/mol. The molecule has 0 fully saturated rings. The van der Waals surface area contributed by atoms with Gasteiger partial charge in [-0.25, -0.2) is 0 Å². The fourth-order valence-corrected chi connectivity index (χ4v) is 2.18. The van der Waals surface area contributed by atoms with E-state index in [9.17, 15) is 9.90 Å². The number of hydrogen-bond acceptors (Lipinski definition) is 4. The molecule has 0 radical (unpaired) electrons. The molecule has 18 heavy (non-hydrogen) atoms. The van der Waals surface area contributed by atoms with Gasteiger partial charge in [0.1, 0.15) is 0 Å². The van der Waals surface area contributed by atoms with Crippen LogP contribution in [0.15, 0.2) is 30.5 Å². The van der Waals surface area contributed by atoms with Gasteiger partial charge in [0.2, 0.25) is 0 Å². The monoisotopic (exact) mass is 247 g/mol. The first-order valence-corrected chi connectivity index (χ1v) is 6.20. The molecule has 4 nitrogen and oxygen atoms in total. The molecule has 2 rings (SSSR count). The van der Waals surface area contributed by atoms with Crippen LogP contribution in [-0.4, -0.2) is 28.8 Å². The maximum Gasteiger partial charge on any atom is 0.313 e. The predicted octanol–water partition coefficient (Wildman–Crippen LogP) is 1.80. The van der Waals surface area contributed by atoms with Gasteiger partial charge in [0.15, 0.2) is 0 Å². The topological polar surface area (TPSA) is 59.4 Å². The zero-order chi connectivity index (χ0) is 13.0. The highest BCUT2D eigenvalue weighted by molar-refractivity contribution is 5.88. The molecule has 1 aliphatic rings. The first-order chi connectivity index (χ1) is 8.72. The molecule has 4 heteroatoms. The molecule has 2 atom stereocenters. The fourth-order valence-electron chi connectivity index (χ4n) is 2.18. The Hall–Kier alpha value is -1.68. The molecule has 1 heterocycles. The van der Waals surface area contributed by atoms with Crippen LogP contribution >= 0.6 is 0 Å². The van der Waals surface area contributed by atoms with Crippen molar-refractivity contribution in [1.29, 1.82) is 0 Å². The van der Waals surface area contributed by atoms with E-state index in [0.717, 1.165) is 11.3 Å². The van der Waals surface area contributed by atoms with Crippen LogP contribution in [0.2, 0.25) is 0 Å². The summed E-state index contributed by atoms with van der Waals surface area (Å²) in [6.07, 6.45) is 4.07. The molecule has 1 aliphatic carbocycles. The number of nitrogens with zero attached hydrogens (tertiary/aromatic N) is 1. The van der Waals surface area contributed by atoms with Crippen molar-refractivity contribution in [2.24, 2.45) is 5.92 Å². The number of rotatable bonds is 3. The zero-order valence-corrected chi connectivity index (χ0v) is 10.4. The Labute approximate surface area is 106 Å². The molecule has 0 bridgehead atoms. The van der Waals surface area contributed by atoms with Gasteiger partial charge in [0, 0.05) is 6.20 Å². The smallest absolute Gasteiger partial charge is 0.313 e. The Morgan fingerprint density at radius 2 is 2.33 bits per heavy atom. The lowest BCUT2D eigenvalue weighted by molar-refractivity contribution is -0.146. The van der Waals surface area contributed by atoms with E-state index in [-0.39, 0.29) is 11.9 Å². The van der Waals surface area contributed by atoms with E-state index in [1.165, 1.54) is 0 Å². The molecule has 0 saturated carbocycles. The number of hydrogen-bond donors (Lipinski definition) is 1. The fraction of sp³-hybridized carbons (Fsp3) is 0.429. The third-order valence-electron chi connectivity index (χ3n) is 3.03. The second-order valence-corrected chi connectivity index (χ2v) is 4.29. The standard InChI is InChI=1S/C14H17NO3/c1-2-18-14(17)11-7-6-10(16)9-12(11)13-5-3-4-8-15-13/h3-5,8-11,16H,2,6-7H2,1H3. The molecule has 96 valence electrons. The molecule has 0 amide bonds. The maximum atomic E-state index is 11.9. The highest BCUT2D eigenvalue weighted by atomic mass is 16.5. The number of aliphatic hydroxyl groups is 1. The third-order valence-corrected chi connectivity index (χ3v) is 3.03. The van der Waals surface area contributed by atoms with Gasteiger partial charge in [-0.15, -0.1) is 0 Å². The summed E-state index contributed by atoms with van der Waals surface area (Å²) < 4.78 is 5.08. The summed E-state index contributed by atoms with van der Waals surface area (Å²) in [6, 6.07) is 5.53. The minimum Gasteiger partial charge on any atom is -0.466 e. The van der Waals surface area contributed by atoms with E-state index in [1.807, 2.05) is 18.2 Å². The van der Waals surface area contributed by atoms with Crippen LogP contribution in [0, 0.1) is 5.92 Å². The van der Waals surface area contributed by atoms with E-state index in [2.05, 4.69) is 4.98 Å². The van der Waals surface area contributed by atoms with Crippen molar-refractivity contribution >= 4 is 11.5 Å². The lowest BCUT2D eigenvalue weighted by Gasteiger charge is -2.24. The minimum atomic E-state index is -0.507. The molecule has 0 spiro atoms. The van der Waals surface area contributed by atoms with Crippen LogP contribution in [-0.2, 0) is 9.53 Å². The van der Waals surface area contributed by atoms with Crippen LogP contribution in [0.4, 0.5) is 0 Å². The molecular weight excluding hydrogens is 230 g/mol. The SMILES string of the molecule is CCOC(=O)C1CCC(O)C=C1c1ccccn1. The summed E-state index contributed by atoms with van der Waals surface area (Å²) in [5.41, 5.74) is 1.50. The van der Waals surface area contributed by atoms with Gasteiger partial charge in [0.05, 0.1) is 24.3 Å². The van der Waals surface area contributed by atoms with Gasteiger partial charge in [-0.2, -0.15) is 0 Å². The molecule has 1 aromatic heterocycles. The molecule has 0 aliphatic heterocycles. The van der Waals surface area contributed by atoms with Crippen LogP contribution in [0.1, 0.15) is 25.5 Å². The normalized spacial score (nSPS) is 23.3. The first-order valence-electron chi connectivity index (χ1n) is 6.20. The molecule has 0 aromatic carbocycles. The van der Waals surface area contributed by atoms with E-state index in [1.54, 1.807) is 19.2 Å². The third kappa shape index (κ3) is 2.76. The number of carbonyl (C=O) groups is 1. The van der Waals surface area contributed by atoms with Crippen molar-refractivity contribution in [1.82, 2.24) is 4.98 Å². The lowest BCUT2D eigenvalue weighted by Crippen LogP contribution is -2.25. The number of aliphatic hydroxyl groups excluding tert-OH is 1. The van der Waals surface area contributed by atoms with E-state index in [4.69, 9.17) is 4.74 Å². The molecular formula is C14H17NO3. The molecule has 1 aromatic rings. The second-order valence-electron chi connectivity index (χ2n) is 4.29. The summed E-state index contributed by atoms with van der Waals surface area (Å²) in [6.45, 7) is 2.16. The number of pyridine rings is 1. The van der Waals surface area contributed by atoms with Gasteiger partial charge in [-0.3, -0.25) is 9.78 Å². The Morgan fingerprint density at radius 1 is 1.50 bits per heavy atom. The average molecular weight is 247 g/mol. The number of aromatic nitrogens is 1. The van der Waals surface area contributed by atoms with Gasteiger partial charge >= 0.3 is 5.97 Å². The quantitative estimate of drug-likeness (QED) is 0.827. The van der Waals surface area contributed by atoms with Crippen molar-refractivity contribution in [2.45, 2.75) is 25.9 Å². The number of esters is 1. The summed E-state index contributed by atoms with van der Waals surface area (Å²) >= 11 is 0. The van der Waals surface area contributed by atoms with Crippen molar-refractivity contribution in [3.63, 3.8) is 0 Å². The van der Waals surface area contributed by atoms with Crippen molar-refractivity contribution in [2.75, 3.05) is 6.61 Å². The Morgan fingerprint density at radius 3 is 3.00 bits per heavy atom. The summed E-state index contributed by atoms with van der Waals surface area (Å²) in [5.74, 6) is -0.551. The summed E-state index contributed by atoms with van der Waals surface area (Å²) in [5, 5.41) is 9.71. The largest absolute Gasteiger partial charge is 0.466 e. The highest BCUT2D eigenvalue weighted by Gasteiger charge is 2.30. The maximum absolute atomic E-state index is 11.9. The van der Waals surface area contributed by atoms with Crippen molar-refractivity contribution in [3.8, 4) is 0 Å². The Kier molecular flexibility index (Phi) is 4.10. The van der Waals surface area contributed by atoms with Gasteiger partial charge in [0.25, 0.3) is 0 Å². The summed E-state index contributed by atoms with van der Waals surface area (Å²) in [7, 11) is 0. The second kappa shape index (κ2) is 5.78. The van der Waals surface area contributed by atoms with Crippen molar-refractivity contribution in [3.05, 3.63) is 36.2 Å². The Bertz CT molecular complexity index is 442. The Balaban J connectivity index is 2.30. The average Bonchev–Trinajstić information content (AvgIpc) is 2.40. The van der Waals surface area contributed by atoms with E-state index >= 15 is 0 Å². The first kappa shape index (κ1) is 12.8. The molecule has 2 unspecified atom stereocenters. The van der Waals surface area contributed by atoms with Crippen molar-refractivity contribution < 1.29 is 14.6 Å². The van der Waals surface area contributed by atoms with E-state index < -0.39 is 6.10 Å². The minimum absolute atomic E-state index is 0.235. The molecule has 0 saturated heterocycles. The van der Waals surface area contributed by atoms with Crippen LogP contribution in [0.5, 0.6) is 0 Å². The molecule has 1 N–H and O–H groups in total. The zero-order valence-electron chi connectivity index (χ0n) is 10.4. The van der Waals surface area contributed by atoms with Gasteiger partial charge in [-0.05, 0) is 43.5 Å². The lowest BCUT2D eigenvalue weighted by atomic mass is 9.84. The van der Waals surface area contributed by atoms with Gasteiger partial charge in [-0.1, -0.05) is 6.07 Å². The number of ether oxygens (including phenoxy) is 1. The van der Waals surface area contributed by atoms with Crippen LogP contribution < -0.4 is 0 Å². The van der Waals surface area contributed by atoms with E-state index in [0.29, 0.717) is 19.4 Å². The highest BCUT2D eigenvalue weighted by Crippen LogP contribution is 2.32.